The molecular weight excluding hydrogens is 372 g/mol. The van der Waals surface area contributed by atoms with Gasteiger partial charge in [0.1, 0.15) is 11.8 Å². The fraction of sp³-hybridized carbons (Fsp3) is 0.700. The number of nitrogens with zero attached hydrogens (tertiary/aromatic N) is 4. The number of fused-ring (bicyclic) bond motifs is 1. The van der Waals surface area contributed by atoms with Crippen molar-refractivity contribution in [2.75, 3.05) is 25.2 Å². The molecule has 1 aliphatic rings. The van der Waals surface area contributed by atoms with Crippen molar-refractivity contribution in [3.8, 4) is 0 Å². The third kappa shape index (κ3) is 5.17. The number of imidazole rings is 1. The maximum atomic E-state index is 5.94. The van der Waals surface area contributed by atoms with E-state index in [4.69, 9.17) is 17.0 Å². The van der Waals surface area contributed by atoms with Gasteiger partial charge >= 0.3 is 0 Å². The molecule has 1 aliphatic carbocycles. The van der Waals surface area contributed by atoms with Gasteiger partial charge in [-0.3, -0.25) is 0 Å². The number of ether oxygens (including phenoxy) is 1. The molecule has 2 aromatic rings. The highest BCUT2D eigenvalue weighted by Crippen LogP contribution is 2.26. The van der Waals surface area contributed by atoms with Crippen LogP contribution in [0.25, 0.3) is 11.2 Å². The molecule has 0 saturated heterocycles. The zero-order chi connectivity index (χ0) is 19.9. The topological polar surface area (TPSA) is 79.0 Å². The molecule has 2 heterocycles. The molecule has 28 heavy (non-hydrogen) atoms. The van der Waals surface area contributed by atoms with Crippen molar-refractivity contribution in [3.05, 3.63) is 12.7 Å². The lowest BCUT2D eigenvalue weighted by molar-refractivity contribution is 0.203. The lowest BCUT2D eigenvalue weighted by atomic mass is 9.94. The molecule has 0 aromatic carbocycles. The van der Waals surface area contributed by atoms with Crippen LogP contribution in [-0.4, -0.2) is 57.3 Å². The Morgan fingerprint density at radius 3 is 2.79 bits per heavy atom. The lowest BCUT2D eigenvalue weighted by Crippen LogP contribution is -2.51. The Morgan fingerprint density at radius 1 is 1.29 bits per heavy atom. The van der Waals surface area contributed by atoms with Crippen molar-refractivity contribution < 1.29 is 4.74 Å². The summed E-state index contributed by atoms with van der Waals surface area (Å²) in [6.07, 6.45) is 10.5. The molecule has 1 fully saturated rings. The highest BCUT2D eigenvalue weighted by Gasteiger charge is 2.28. The average Bonchev–Trinajstić information content (AvgIpc) is 3.17. The van der Waals surface area contributed by atoms with E-state index in [9.17, 15) is 0 Å². The third-order valence-electron chi connectivity index (χ3n) is 5.34. The third-order valence-corrected chi connectivity index (χ3v) is 5.73. The Morgan fingerprint density at radius 2 is 2.07 bits per heavy atom. The van der Waals surface area contributed by atoms with E-state index in [0.29, 0.717) is 30.8 Å². The quantitative estimate of drug-likeness (QED) is 0.620. The Balaban J connectivity index is 1.89. The van der Waals surface area contributed by atoms with Gasteiger partial charge in [-0.25, -0.2) is 15.0 Å². The van der Waals surface area contributed by atoms with Gasteiger partial charge in [-0.2, -0.15) is 0 Å². The number of hydrogen-bond acceptors (Lipinski definition) is 6. The van der Waals surface area contributed by atoms with E-state index >= 15 is 0 Å². The van der Waals surface area contributed by atoms with E-state index in [1.807, 2.05) is 0 Å². The zero-order valence-corrected chi connectivity index (χ0v) is 18.0. The van der Waals surface area contributed by atoms with Crippen LogP contribution in [0.2, 0.25) is 0 Å². The second-order valence-electron chi connectivity index (χ2n) is 7.97. The molecule has 1 saturated carbocycles. The van der Waals surface area contributed by atoms with Crippen LogP contribution >= 0.6 is 12.2 Å². The second-order valence-corrected chi connectivity index (χ2v) is 8.41. The average molecular weight is 405 g/mol. The first kappa shape index (κ1) is 20.9. The molecule has 1 atom stereocenters. The van der Waals surface area contributed by atoms with Crippen molar-refractivity contribution in [1.29, 1.82) is 0 Å². The molecule has 0 amide bonds. The molecule has 0 aliphatic heterocycles. The minimum atomic E-state index is 0.0495. The van der Waals surface area contributed by atoms with Crippen molar-refractivity contribution in [1.82, 2.24) is 25.3 Å². The first-order valence-electron chi connectivity index (χ1n) is 10.3. The van der Waals surface area contributed by atoms with Crippen LogP contribution in [0.1, 0.15) is 52.4 Å². The van der Waals surface area contributed by atoms with E-state index in [-0.39, 0.29) is 6.04 Å². The summed E-state index contributed by atoms with van der Waals surface area (Å²) in [5.41, 5.74) is 1.51. The summed E-state index contributed by atoms with van der Waals surface area (Å²) < 4.78 is 5.40. The van der Waals surface area contributed by atoms with E-state index in [1.54, 1.807) is 19.8 Å². The Bertz CT molecular complexity index is 758. The Kier molecular flexibility index (Phi) is 7.56. The molecule has 1 unspecified atom stereocenters. The maximum Gasteiger partial charge on any atom is 0.182 e. The number of methoxy groups -OCH3 is 1. The summed E-state index contributed by atoms with van der Waals surface area (Å²) >= 11 is 5.94. The number of anilines is 1. The van der Waals surface area contributed by atoms with Gasteiger partial charge in [0.25, 0.3) is 0 Å². The molecule has 0 bridgehead atoms. The van der Waals surface area contributed by atoms with Crippen LogP contribution in [0.3, 0.4) is 0 Å². The van der Waals surface area contributed by atoms with Crippen molar-refractivity contribution >= 4 is 34.2 Å². The van der Waals surface area contributed by atoms with Crippen molar-refractivity contribution in [2.24, 2.45) is 5.92 Å². The summed E-state index contributed by atoms with van der Waals surface area (Å²) in [6, 6.07) is 0.534. The van der Waals surface area contributed by atoms with Crippen molar-refractivity contribution in [3.63, 3.8) is 0 Å². The molecule has 154 valence electrons. The SMILES string of the molecule is COCCN(c1ncnc2nc[nH]c12)C(CC(C)C)C(=S)NC1CCCCC1. The molecule has 2 N–H and O–H groups in total. The summed E-state index contributed by atoms with van der Waals surface area (Å²) in [5, 5.41) is 3.67. The number of thiocarbonyl (C=S) groups is 1. The van der Waals surface area contributed by atoms with Gasteiger partial charge in [0.2, 0.25) is 0 Å². The minimum Gasteiger partial charge on any atom is -0.383 e. The fourth-order valence-corrected chi connectivity index (χ4v) is 4.33. The van der Waals surface area contributed by atoms with Crippen LogP contribution in [0.4, 0.5) is 5.82 Å². The number of nitrogens with one attached hydrogen (secondary N) is 2. The smallest absolute Gasteiger partial charge is 0.182 e. The summed E-state index contributed by atoms with van der Waals surface area (Å²) in [5.74, 6) is 1.33. The van der Waals surface area contributed by atoms with Crippen LogP contribution < -0.4 is 10.2 Å². The standard InChI is InChI=1S/C20H32N6OS/c1-14(2)11-16(20(28)25-15-7-5-4-6-8-15)26(9-10-27-3)19-17-18(22-12-21-17)23-13-24-19/h12-16H,4-11H2,1-3H3,(H,25,28)(H,21,22,23,24). The molecule has 2 aromatic heterocycles. The van der Waals surface area contributed by atoms with Crippen LogP contribution in [0.5, 0.6) is 0 Å². The van der Waals surface area contributed by atoms with Gasteiger partial charge in [-0.05, 0) is 25.2 Å². The highest BCUT2D eigenvalue weighted by molar-refractivity contribution is 7.80. The highest BCUT2D eigenvalue weighted by atomic mass is 32.1. The van der Waals surface area contributed by atoms with Gasteiger partial charge in [0.15, 0.2) is 11.5 Å². The monoisotopic (exact) mass is 404 g/mol. The largest absolute Gasteiger partial charge is 0.383 e. The maximum absolute atomic E-state index is 5.94. The number of aromatic amines is 1. The fourth-order valence-electron chi connectivity index (χ4n) is 3.94. The number of H-pyrrole nitrogens is 1. The number of aromatic nitrogens is 4. The van der Waals surface area contributed by atoms with E-state index in [2.05, 4.69) is 44.0 Å². The van der Waals surface area contributed by atoms with Gasteiger partial charge in [0.05, 0.1) is 24.0 Å². The molecule has 8 heteroatoms. The predicted molar refractivity (Wildman–Crippen MR) is 117 cm³/mol. The molecule has 0 spiro atoms. The first-order valence-corrected chi connectivity index (χ1v) is 10.7. The summed E-state index contributed by atoms with van der Waals surface area (Å²) in [6.45, 7) is 5.76. The number of hydrogen-bond donors (Lipinski definition) is 2. The summed E-state index contributed by atoms with van der Waals surface area (Å²) in [7, 11) is 1.72. The predicted octanol–water partition coefficient (Wildman–Crippen LogP) is 3.47. The molecular formula is C20H32N6OS. The van der Waals surface area contributed by atoms with Crippen LogP contribution in [-0.2, 0) is 4.74 Å². The Labute approximate surface area is 172 Å². The minimum absolute atomic E-state index is 0.0495. The molecule has 0 radical (unpaired) electrons. The first-order chi connectivity index (χ1) is 13.6. The van der Waals surface area contributed by atoms with E-state index in [1.165, 1.54) is 32.1 Å². The second kappa shape index (κ2) is 10.1. The van der Waals surface area contributed by atoms with Gasteiger partial charge in [-0.15, -0.1) is 0 Å². The van der Waals surface area contributed by atoms with E-state index in [0.717, 1.165) is 22.7 Å². The van der Waals surface area contributed by atoms with Crippen LogP contribution in [0.15, 0.2) is 12.7 Å². The van der Waals surface area contributed by atoms with Gasteiger partial charge < -0.3 is 19.9 Å². The van der Waals surface area contributed by atoms with E-state index < -0.39 is 0 Å². The normalized spacial score (nSPS) is 16.4. The van der Waals surface area contributed by atoms with Crippen molar-refractivity contribution in [2.45, 2.75) is 64.5 Å². The van der Waals surface area contributed by atoms with Gasteiger partial charge in [0, 0.05) is 19.7 Å². The molecule has 7 nitrogen and oxygen atoms in total. The molecule has 3 rings (SSSR count). The Hall–Kier alpha value is -1.80. The number of rotatable bonds is 9. The zero-order valence-electron chi connectivity index (χ0n) is 17.1. The summed E-state index contributed by atoms with van der Waals surface area (Å²) in [4.78, 5) is 19.5. The lowest BCUT2D eigenvalue weighted by Gasteiger charge is -2.36. The van der Waals surface area contributed by atoms with Gasteiger partial charge in [-0.1, -0.05) is 45.3 Å². The van der Waals surface area contributed by atoms with Crippen LogP contribution in [0, 0.1) is 5.92 Å².